The van der Waals surface area contributed by atoms with E-state index in [1.807, 2.05) is 13.0 Å². The van der Waals surface area contributed by atoms with Gasteiger partial charge in [0.15, 0.2) is 11.5 Å². The minimum absolute atomic E-state index is 0.0755. The number of aryl methyl sites for hydroxylation is 1. The van der Waals surface area contributed by atoms with E-state index in [2.05, 4.69) is 5.32 Å². The number of phenols is 1. The fourth-order valence-electron chi connectivity index (χ4n) is 1.91. The van der Waals surface area contributed by atoms with Crippen LogP contribution in [0.4, 0.5) is 10.1 Å². The predicted octanol–water partition coefficient (Wildman–Crippen LogP) is 3.46. The number of aromatic hydroxyl groups is 1. The van der Waals surface area contributed by atoms with Gasteiger partial charge in [0, 0.05) is 12.1 Å². The van der Waals surface area contributed by atoms with Crippen LogP contribution in [0, 0.1) is 12.7 Å². The van der Waals surface area contributed by atoms with Crippen LogP contribution in [-0.4, -0.2) is 12.2 Å². The van der Waals surface area contributed by atoms with E-state index in [0.717, 1.165) is 5.56 Å². The molecule has 0 aromatic heterocycles. The molecule has 0 radical (unpaired) electrons. The molecule has 0 heterocycles. The Hall–Kier alpha value is -2.23. The normalized spacial score (nSPS) is 10.3. The quantitative estimate of drug-likeness (QED) is 0.885. The largest absolute Gasteiger partial charge is 0.504 e. The van der Waals surface area contributed by atoms with Crippen LogP contribution in [0.2, 0.25) is 0 Å². The van der Waals surface area contributed by atoms with Crippen LogP contribution < -0.4 is 10.1 Å². The van der Waals surface area contributed by atoms with E-state index in [4.69, 9.17) is 4.74 Å². The highest BCUT2D eigenvalue weighted by Crippen LogP contribution is 2.30. The van der Waals surface area contributed by atoms with Crippen LogP contribution in [0.3, 0.4) is 0 Å². The van der Waals surface area contributed by atoms with Crippen LogP contribution in [0.15, 0.2) is 36.4 Å². The van der Waals surface area contributed by atoms with E-state index in [1.165, 1.54) is 13.2 Å². The van der Waals surface area contributed by atoms with E-state index < -0.39 is 0 Å². The van der Waals surface area contributed by atoms with Crippen molar-refractivity contribution in [2.45, 2.75) is 13.5 Å². The predicted molar refractivity (Wildman–Crippen MR) is 73.1 cm³/mol. The number of hydrogen-bond donors (Lipinski definition) is 2. The fourth-order valence-corrected chi connectivity index (χ4v) is 1.91. The smallest absolute Gasteiger partial charge is 0.162 e. The Labute approximate surface area is 111 Å². The first-order valence-corrected chi connectivity index (χ1v) is 5.97. The summed E-state index contributed by atoms with van der Waals surface area (Å²) >= 11 is 0. The van der Waals surface area contributed by atoms with Gasteiger partial charge in [0.05, 0.1) is 12.8 Å². The van der Waals surface area contributed by atoms with Gasteiger partial charge >= 0.3 is 0 Å². The highest BCUT2D eigenvalue weighted by molar-refractivity contribution is 5.53. The number of methoxy groups -OCH3 is 1. The summed E-state index contributed by atoms with van der Waals surface area (Å²) in [7, 11) is 1.49. The summed E-state index contributed by atoms with van der Waals surface area (Å²) in [5.41, 5.74) is 1.93. The highest BCUT2D eigenvalue weighted by Gasteiger charge is 2.09. The number of ether oxygens (including phenoxy) is 1. The third-order valence-electron chi connectivity index (χ3n) is 2.98. The van der Waals surface area contributed by atoms with Crippen LogP contribution in [0.5, 0.6) is 11.5 Å². The lowest BCUT2D eigenvalue weighted by atomic mass is 10.1. The Balaban J connectivity index is 2.19. The van der Waals surface area contributed by atoms with Crippen molar-refractivity contribution in [1.29, 1.82) is 0 Å². The Morgan fingerprint density at radius 2 is 1.95 bits per heavy atom. The van der Waals surface area contributed by atoms with Crippen molar-refractivity contribution in [2.24, 2.45) is 0 Å². The minimum atomic E-state index is -0.303. The third kappa shape index (κ3) is 2.78. The van der Waals surface area contributed by atoms with Crippen molar-refractivity contribution in [1.82, 2.24) is 0 Å². The molecule has 0 spiro atoms. The number of nitrogens with one attached hydrogen (secondary N) is 1. The first-order chi connectivity index (χ1) is 9.13. The zero-order valence-corrected chi connectivity index (χ0v) is 10.9. The summed E-state index contributed by atoms with van der Waals surface area (Å²) in [5.74, 6) is 0.179. The highest BCUT2D eigenvalue weighted by atomic mass is 19.1. The second-order valence-electron chi connectivity index (χ2n) is 4.25. The molecule has 100 valence electrons. The number of rotatable bonds is 4. The Bertz CT molecular complexity index is 564. The summed E-state index contributed by atoms with van der Waals surface area (Å²) < 4.78 is 18.7. The van der Waals surface area contributed by atoms with E-state index in [0.29, 0.717) is 23.5 Å². The van der Waals surface area contributed by atoms with E-state index in [9.17, 15) is 9.50 Å². The lowest BCUT2D eigenvalue weighted by molar-refractivity contribution is 0.371. The molecule has 0 saturated heterocycles. The van der Waals surface area contributed by atoms with Crippen molar-refractivity contribution in [3.05, 3.63) is 53.3 Å². The molecule has 2 rings (SSSR count). The third-order valence-corrected chi connectivity index (χ3v) is 2.98. The maximum atomic E-state index is 13.6. The molecule has 2 aromatic rings. The van der Waals surface area contributed by atoms with E-state index in [-0.39, 0.29) is 11.6 Å². The molecule has 2 N–H and O–H groups in total. The van der Waals surface area contributed by atoms with Gasteiger partial charge in [-0.1, -0.05) is 24.3 Å². The number of halogens is 1. The molecule has 0 amide bonds. The molecule has 0 bridgehead atoms. The maximum absolute atomic E-state index is 13.6. The molecule has 0 aliphatic carbocycles. The van der Waals surface area contributed by atoms with Crippen LogP contribution in [-0.2, 0) is 6.54 Å². The Morgan fingerprint density at radius 1 is 1.21 bits per heavy atom. The second kappa shape index (κ2) is 5.61. The minimum Gasteiger partial charge on any atom is -0.504 e. The van der Waals surface area contributed by atoms with Crippen LogP contribution in [0.1, 0.15) is 11.1 Å². The van der Waals surface area contributed by atoms with Crippen molar-refractivity contribution in [3.8, 4) is 11.5 Å². The number of benzene rings is 2. The van der Waals surface area contributed by atoms with E-state index >= 15 is 0 Å². The fraction of sp³-hybridized carbons (Fsp3) is 0.200. The second-order valence-corrected chi connectivity index (χ2v) is 4.25. The summed E-state index contributed by atoms with van der Waals surface area (Å²) in [6, 6.07) is 10.1. The average Bonchev–Trinajstić information content (AvgIpc) is 2.40. The van der Waals surface area contributed by atoms with Crippen LogP contribution >= 0.6 is 0 Å². The summed E-state index contributed by atoms with van der Waals surface area (Å²) in [6.07, 6.45) is 0. The molecule has 4 heteroatoms. The van der Waals surface area contributed by atoms with Gasteiger partial charge in [0.1, 0.15) is 5.82 Å². The van der Waals surface area contributed by atoms with Crippen molar-refractivity contribution in [3.63, 3.8) is 0 Å². The Morgan fingerprint density at radius 3 is 2.63 bits per heavy atom. The maximum Gasteiger partial charge on any atom is 0.162 e. The SMILES string of the molecule is COc1cccc(CNc2c(C)cccc2F)c1O. The number of para-hydroxylation sites is 2. The van der Waals surface area contributed by atoms with Gasteiger partial charge in [-0.15, -0.1) is 0 Å². The number of anilines is 1. The molecule has 2 aromatic carbocycles. The standard InChI is InChI=1S/C15H16FNO2/c1-10-5-3-7-12(16)14(10)17-9-11-6-4-8-13(19-2)15(11)18/h3-8,17-18H,9H2,1-2H3. The molecule has 0 aliphatic heterocycles. The van der Waals surface area contributed by atoms with Crippen molar-refractivity contribution in [2.75, 3.05) is 12.4 Å². The number of hydrogen-bond acceptors (Lipinski definition) is 3. The lowest BCUT2D eigenvalue weighted by Crippen LogP contribution is -2.03. The van der Waals surface area contributed by atoms with Crippen molar-refractivity contribution < 1.29 is 14.2 Å². The monoisotopic (exact) mass is 261 g/mol. The van der Waals surface area contributed by atoms with Gasteiger partial charge in [-0.3, -0.25) is 0 Å². The first-order valence-electron chi connectivity index (χ1n) is 5.97. The van der Waals surface area contributed by atoms with Gasteiger partial charge in [0.25, 0.3) is 0 Å². The zero-order chi connectivity index (χ0) is 13.8. The topological polar surface area (TPSA) is 41.5 Å². The Kier molecular flexibility index (Phi) is 3.90. The first kappa shape index (κ1) is 13.2. The molecule has 0 saturated carbocycles. The van der Waals surface area contributed by atoms with E-state index in [1.54, 1.807) is 24.3 Å². The van der Waals surface area contributed by atoms with Gasteiger partial charge in [-0.05, 0) is 24.6 Å². The van der Waals surface area contributed by atoms with Gasteiger partial charge in [0.2, 0.25) is 0 Å². The van der Waals surface area contributed by atoms with Gasteiger partial charge < -0.3 is 15.2 Å². The van der Waals surface area contributed by atoms with Crippen molar-refractivity contribution >= 4 is 5.69 Å². The average molecular weight is 261 g/mol. The summed E-state index contributed by atoms with van der Waals surface area (Å²) in [5, 5.41) is 12.9. The molecule has 0 atom stereocenters. The lowest BCUT2D eigenvalue weighted by Gasteiger charge is -2.12. The van der Waals surface area contributed by atoms with Gasteiger partial charge in [-0.25, -0.2) is 4.39 Å². The molecular weight excluding hydrogens is 245 g/mol. The molecule has 19 heavy (non-hydrogen) atoms. The van der Waals surface area contributed by atoms with Crippen LogP contribution in [0.25, 0.3) is 0 Å². The zero-order valence-electron chi connectivity index (χ0n) is 10.9. The van der Waals surface area contributed by atoms with Gasteiger partial charge in [-0.2, -0.15) is 0 Å². The summed E-state index contributed by atoms with van der Waals surface area (Å²) in [4.78, 5) is 0. The number of phenolic OH excluding ortho intramolecular Hbond substituents is 1. The molecule has 0 aliphatic rings. The molecule has 0 fully saturated rings. The summed E-state index contributed by atoms with van der Waals surface area (Å²) in [6.45, 7) is 2.15. The molecular formula is C15H16FNO2. The molecule has 3 nitrogen and oxygen atoms in total. The molecule has 0 unspecified atom stereocenters.